The summed E-state index contributed by atoms with van der Waals surface area (Å²) in [7, 11) is -7.43. The number of nitrogens with zero attached hydrogens (tertiary/aromatic N) is 1. The summed E-state index contributed by atoms with van der Waals surface area (Å²) in [6.07, 6.45) is 0.901. The number of nitrogen functional groups attached to an aromatic ring is 1. The summed E-state index contributed by atoms with van der Waals surface area (Å²) in [6, 6.07) is 13.2. The molecule has 0 bridgehead atoms. The molecule has 1 heterocycles. The average molecular weight is 457 g/mol. The molecule has 0 atom stereocenters. The Balaban J connectivity index is 0.000000274. The first kappa shape index (κ1) is 23.8. The van der Waals surface area contributed by atoms with Gasteiger partial charge in [0, 0.05) is 23.1 Å². The van der Waals surface area contributed by atoms with Crippen LogP contribution >= 0.6 is 0 Å². The third kappa shape index (κ3) is 7.10. The second kappa shape index (κ2) is 8.72. The highest BCUT2D eigenvalue weighted by Gasteiger charge is 2.21. The van der Waals surface area contributed by atoms with E-state index >= 15 is 0 Å². The van der Waals surface area contributed by atoms with Crippen LogP contribution in [0, 0.1) is 0 Å². The van der Waals surface area contributed by atoms with Gasteiger partial charge in [0.2, 0.25) is 5.89 Å². The molecule has 2 aromatic carbocycles. The number of oxazole rings is 1. The summed E-state index contributed by atoms with van der Waals surface area (Å²) in [4.78, 5) is 4.44. The van der Waals surface area contributed by atoms with Crippen molar-refractivity contribution in [2.24, 2.45) is 0 Å². The number of hydrogen-bond donors (Lipinski definition) is 3. The van der Waals surface area contributed by atoms with Crippen molar-refractivity contribution in [3.63, 3.8) is 0 Å². The van der Waals surface area contributed by atoms with Crippen LogP contribution in [0.1, 0.15) is 19.4 Å². The SMILES string of the molecule is CC(C)(O)c1cc2oc(-c3ccccc3)nc2cc1N.CS(=O)(=O)CCS(=O)(=O)O. The van der Waals surface area contributed by atoms with E-state index in [2.05, 4.69) is 4.98 Å². The molecular formula is C19H24N2O7S2. The Bertz CT molecular complexity index is 1200. The molecule has 0 unspecified atom stereocenters. The maximum absolute atomic E-state index is 10.3. The van der Waals surface area contributed by atoms with E-state index in [0.717, 1.165) is 11.8 Å². The fourth-order valence-corrected chi connectivity index (χ4v) is 4.53. The van der Waals surface area contributed by atoms with Gasteiger partial charge in [-0.25, -0.2) is 13.4 Å². The van der Waals surface area contributed by atoms with E-state index in [9.17, 15) is 21.9 Å². The minimum atomic E-state index is -4.14. The number of fused-ring (bicyclic) bond motifs is 1. The molecule has 164 valence electrons. The van der Waals surface area contributed by atoms with Crippen molar-refractivity contribution in [2.45, 2.75) is 19.4 Å². The second-order valence-corrected chi connectivity index (χ2v) is 11.1. The smallest absolute Gasteiger partial charge is 0.265 e. The highest BCUT2D eigenvalue weighted by Crippen LogP contribution is 2.32. The molecule has 4 N–H and O–H groups in total. The Hall–Kier alpha value is -2.47. The van der Waals surface area contributed by atoms with Crippen LogP contribution in [-0.4, -0.2) is 49.2 Å². The molecule has 9 nitrogen and oxygen atoms in total. The van der Waals surface area contributed by atoms with Crippen molar-refractivity contribution in [3.05, 3.63) is 48.0 Å². The van der Waals surface area contributed by atoms with Crippen molar-refractivity contribution in [3.8, 4) is 11.5 Å². The maximum atomic E-state index is 10.3. The monoisotopic (exact) mass is 456 g/mol. The van der Waals surface area contributed by atoms with Gasteiger partial charge in [0.1, 0.15) is 15.4 Å². The van der Waals surface area contributed by atoms with Crippen molar-refractivity contribution in [1.82, 2.24) is 4.98 Å². The molecule has 11 heteroatoms. The van der Waals surface area contributed by atoms with E-state index in [0.29, 0.717) is 28.2 Å². The lowest BCUT2D eigenvalue weighted by atomic mass is 9.96. The van der Waals surface area contributed by atoms with Gasteiger partial charge in [0.05, 0.1) is 17.1 Å². The standard InChI is InChI=1S/C16H16N2O2.C3H8O5S2/c1-16(2,19)11-8-14-13(9-12(11)17)18-15(20-14)10-6-4-3-5-7-10;1-9(4,5)2-3-10(6,7)8/h3-9,19H,17H2,1-2H3;2-3H2,1H3,(H,6,7,8). The van der Waals surface area contributed by atoms with Crippen LogP contribution in [-0.2, 0) is 25.6 Å². The Morgan fingerprint density at radius 3 is 2.13 bits per heavy atom. The quantitative estimate of drug-likeness (QED) is 0.386. The summed E-state index contributed by atoms with van der Waals surface area (Å²) >= 11 is 0. The lowest BCUT2D eigenvalue weighted by Gasteiger charge is -2.19. The third-order valence-electron chi connectivity index (χ3n) is 3.95. The third-order valence-corrected chi connectivity index (χ3v) is 5.88. The first-order valence-corrected chi connectivity index (χ1v) is 12.4. The van der Waals surface area contributed by atoms with Gasteiger partial charge in [-0.05, 0) is 38.1 Å². The number of sulfone groups is 1. The van der Waals surface area contributed by atoms with E-state index < -0.39 is 37.1 Å². The highest BCUT2D eigenvalue weighted by molar-refractivity contribution is 7.92. The Labute approximate surface area is 175 Å². The zero-order chi connectivity index (χ0) is 22.7. The molecule has 0 amide bonds. The van der Waals surface area contributed by atoms with Gasteiger partial charge >= 0.3 is 0 Å². The molecule has 0 radical (unpaired) electrons. The Kier molecular flexibility index (Phi) is 6.92. The molecule has 0 aliphatic carbocycles. The van der Waals surface area contributed by atoms with Gasteiger partial charge < -0.3 is 15.3 Å². The van der Waals surface area contributed by atoms with Crippen LogP contribution < -0.4 is 5.73 Å². The van der Waals surface area contributed by atoms with Gasteiger partial charge in [-0.1, -0.05) is 18.2 Å². The first-order chi connectivity index (χ1) is 13.7. The lowest BCUT2D eigenvalue weighted by molar-refractivity contribution is 0.0794. The molecule has 0 saturated heterocycles. The molecule has 1 aromatic heterocycles. The molecule has 0 aliphatic heterocycles. The van der Waals surface area contributed by atoms with Crippen LogP contribution in [0.15, 0.2) is 46.9 Å². The average Bonchev–Trinajstić information content (AvgIpc) is 3.01. The molecule has 3 rings (SSSR count). The number of aliphatic hydroxyl groups is 1. The van der Waals surface area contributed by atoms with Crippen LogP contribution in [0.4, 0.5) is 5.69 Å². The van der Waals surface area contributed by atoms with E-state index in [4.69, 9.17) is 14.7 Å². The molecule has 0 aliphatic rings. The van der Waals surface area contributed by atoms with Crippen LogP contribution in [0.5, 0.6) is 0 Å². The van der Waals surface area contributed by atoms with E-state index in [1.165, 1.54) is 0 Å². The van der Waals surface area contributed by atoms with E-state index in [1.54, 1.807) is 26.0 Å². The molecule has 0 fully saturated rings. The summed E-state index contributed by atoms with van der Waals surface area (Å²) in [5.74, 6) is -0.717. The minimum absolute atomic E-state index is 0.512. The highest BCUT2D eigenvalue weighted by atomic mass is 32.2. The number of hydrogen-bond acceptors (Lipinski definition) is 8. The van der Waals surface area contributed by atoms with E-state index in [1.807, 2.05) is 30.3 Å². The lowest BCUT2D eigenvalue weighted by Crippen LogP contribution is -2.17. The zero-order valence-corrected chi connectivity index (χ0v) is 18.4. The summed E-state index contributed by atoms with van der Waals surface area (Å²) < 4.78 is 54.4. The summed E-state index contributed by atoms with van der Waals surface area (Å²) in [5, 5.41) is 10.1. The largest absolute Gasteiger partial charge is 0.436 e. The number of aromatic nitrogens is 1. The Morgan fingerprint density at radius 2 is 1.67 bits per heavy atom. The van der Waals surface area contributed by atoms with Crippen LogP contribution in [0.25, 0.3) is 22.6 Å². The Morgan fingerprint density at radius 1 is 1.07 bits per heavy atom. The van der Waals surface area contributed by atoms with Gasteiger partial charge in [-0.3, -0.25) is 4.55 Å². The van der Waals surface area contributed by atoms with Gasteiger partial charge in [0.15, 0.2) is 5.58 Å². The summed E-state index contributed by atoms with van der Waals surface area (Å²) in [5.41, 5.74) is 8.33. The molecule has 0 saturated carbocycles. The predicted octanol–water partition coefficient (Wildman–Crippen LogP) is 2.22. The summed E-state index contributed by atoms with van der Waals surface area (Å²) in [6.45, 7) is 3.39. The molecule has 3 aromatic rings. The minimum Gasteiger partial charge on any atom is -0.436 e. The number of rotatable bonds is 5. The number of benzene rings is 2. The van der Waals surface area contributed by atoms with Gasteiger partial charge in [-0.15, -0.1) is 0 Å². The normalized spacial score (nSPS) is 12.4. The van der Waals surface area contributed by atoms with Crippen molar-refractivity contribution >= 4 is 36.7 Å². The van der Waals surface area contributed by atoms with Crippen LogP contribution in [0.3, 0.4) is 0 Å². The number of nitrogens with two attached hydrogens (primary N) is 1. The van der Waals surface area contributed by atoms with Crippen molar-refractivity contribution < 1.29 is 30.9 Å². The predicted molar refractivity (Wildman–Crippen MR) is 115 cm³/mol. The maximum Gasteiger partial charge on any atom is 0.265 e. The van der Waals surface area contributed by atoms with Crippen molar-refractivity contribution in [1.29, 1.82) is 0 Å². The van der Waals surface area contributed by atoms with Crippen LogP contribution in [0.2, 0.25) is 0 Å². The topological polar surface area (TPSA) is 161 Å². The van der Waals surface area contributed by atoms with E-state index in [-0.39, 0.29) is 0 Å². The first-order valence-electron chi connectivity index (χ1n) is 8.77. The fraction of sp³-hybridized carbons (Fsp3) is 0.316. The molecule has 0 spiro atoms. The number of anilines is 1. The van der Waals surface area contributed by atoms with Gasteiger partial charge in [0.25, 0.3) is 10.1 Å². The van der Waals surface area contributed by atoms with Gasteiger partial charge in [-0.2, -0.15) is 8.42 Å². The zero-order valence-electron chi connectivity index (χ0n) is 16.7. The second-order valence-electron chi connectivity index (χ2n) is 7.27. The molecule has 30 heavy (non-hydrogen) atoms. The molecular weight excluding hydrogens is 432 g/mol. The fourth-order valence-electron chi connectivity index (χ4n) is 2.48. The van der Waals surface area contributed by atoms with Crippen molar-refractivity contribution in [2.75, 3.05) is 23.5 Å².